The van der Waals surface area contributed by atoms with Crippen molar-refractivity contribution in [2.24, 2.45) is 0 Å². The van der Waals surface area contributed by atoms with E-state index in [4.69, 9.17) is 9.47 Å². The highest BCUT2D eigenvalue weighted by Crippen LogP contribution is 2.41. The van der Waals surface area contributed by atoms with Crippen LogP contribution in [0.25, 0.3) is 0 Å². The lowest BCUT2D eigenvalue weighted by Gasteiger charge is -2.30. The number of aliphatic hydroxyl groups is 1. The van der Waals surface area contributed by atoms with E-state index in [0.717, 1.165) is 28.4 Å². The van der Waals surface area contributed by atoms with Crippen molar-refractivity contribution in [3.8, 4) is 5.75 Å². The second kappa shape index (κ2) is 5.19. The van der Waals surface area contributed by atoms with Crippen LogP contribution in [-0.2, 0) is 4.74 Å². The van der Waals surface area contributed by atoms with Gasteiger partial charge in [-0.25, -0.2) is 0 Å². The number of halogens is 1. The molecule has 2 rings (SSSR count). The summed E-state index contributed by atoms with van der Waals surface area (Å²) in [5.41, 5.74) is 1.35. The first kappa shape index (κ1) is 13.8. The van der Waals surface area contributed by atoms with Crippen LogP contribution in [0.15, 0.2) is 16.6 Å². The zero-order valence-corrected chi connectivity index (χ0v) is 12.6. The fourth-order valence-corrected chi connectivity index (χ4v) is 2.77. The lowest BCUT2D eigenvalue weighted by molar-refractivity contribution is -0.0803. The van der Waals surface area contributed by atoms with Gasteiger partial charge < -0.3 is 14.6 Å². The number of rotatable bonds is 3. The van der Waals surface area contributed by atoms with Gasteiger partial charge in [-0.15, -0.1) is 0 Å². The minimum absolute atomic E-state index is 0.512. The molecule has 2 atom stereocenters. The van der Waals surface area contributed by atoms with Crippen LogP contribution >= 0.6 is 15.9 Å². The Morgan fingerprint density at radius 1 is 1.50 bits per heavy atom. The zero-order chi connectivity index (χ0) is 13.3. The third kappa shape index (κ3) is 2.42. The van der Waals surface area contributed by atoms with Crippen molar-refractivity contribution in [2.45, 2.75) is 38.4 Å². The SMILES string of the molecule is COc1cc(C)c(Br)cc1C(O)C1(C)CCCO1. The summed E-state index contributed by atoms with van der Waals surface area (Å²) in [6.07, 6.45) is 1.18. The molecule has 0 bridgehead atoms. The van der Waals surface area contributed by atoms with Gasteiger partial charge in [0.05, 0.1) is 12.7 Å². The van der Waals surface area contributed by atoms with Gasteiger partial charge in [0, 0.05) is 16.6 Å². The number of aliphatic hydroxyl groups excluding tert-OH is 1. The average Bonchev–Trinajstić information content (AvgIpc) is 2.79. The molecule has 1 aromatic rings. The molecule has 1 heterocycles. The number of hydrogen-bond acceptors (Lipinski definition) is 3. The summed E-state index contributed by atoms with van der Waals surface area (Å²) in [6, 6.07) is 3.85. The number of hydrogen-bond donors (Lipinski definition) is 1. The van der Waals surface area contributed by atoms with E-state index in [1.165, 1.54) is 0 Å². The Kier molecular flexibility index (Phi) is 3.99. The quantitative estimate of drug-likeness (QED) is 0.929. The van der Waals surface area contributed by atoms with Gasteiger partial charge in [0.15, 0.2) is 0 Å². The van der Waals surface area contributed by atoms with E-state index in [-0.39, 0.29) is 0 Å². The van der Waals surface area contributed by atoms with E-state index in [9.17, 15) is 5.11 Å². The van der Waals surface area contributed by atoms with Crippen molar-refractivity contribution in [3.05, 3.63) is 27.7 Å². The molecule has 1 aliphatic heterocycles. The van der Waals surface area contributed by atoms with Gasteiger partial charge >= 0.3 is 0 Å². The number of methoxy groups -OCH3 is 1. The largest absolute Gasteiger partial charge is 0.496 e. The van der Waals surface area contributed by atoms with Crippen molar-refractivity contribution in [1.29, 1.82) is 0 Å². The van der Waals surface area contributed by atoms with Gasteiger partial charge in [-0.3, -0.25) is 0 Å². The maximum atomic E-state index is 10.6. The molecule has 3 nitrogen and oxygen atoms in total. The highest BCUT2D eigenvalue weighted by Gasteiger charge is 2.39. The molecule has 1 N–H and O–H groups in total. The van der Waals surface area contributed by atoms with Crippen LogP contribution in [0.5, 0.6) is 5.75 Å². The fraction of sp³-hybridized carbons (Fsp3) is 0.571. The Balaban J connectivity index is 2.40. The van der Waals surface area contributed by atoms with Crippen LogP contribution in [-0.4, -0.2) is 24.4 Å². The molecule has 1 aliphatic rings. The van der Waals surface area contributed by atoms with Crippen LogP contribution in [0.3, 0.4) is 0 Å². The first-order chi connectivity index (χ1) is 8.48. The van der Waals surface area contributed by atoms with E-state index in [2.05, 4.69) is 15.9 Å². The number of benzene rings is 1. The first-order valence-electron chi connectivity index (χ1n) is 6.14. The predicted molar refractivity (Wildman–Crippen MR) is 74.0 cm³/mol. The molecule has 100 valence electrons. The molecular weight excluding hydrogens is 296 g/mol. The van der Waals surface area contributed by atoms with E-state index < -0.39 is 11.7 Å². The zero-order valence-electron chi connectivity index (χ0n) is 11.0. The molecule has 0 amide bonds. The third-order valence-corrected chi connectivity index (χ3v) is 4.49. The van der Waals surface area contributed by atoms with E-state index in [1.54, 1.807) is 7.11 Å². The number of aryl methyl sites for hydroxylation is 1. The molecule has 0 spiro atoms. The minimum atomic E-state index is -0.674. The van der Waals surface area contributed by atoms with Gasteiger partial charge in [-0.2, -0.15) is 0 Å². The Morgan fingerprint density at radius 2 is 2.22 bits per heavy atom. The first-order valence-corrected chi connectivity index (χ1v) is 6.93. The highest BCUT2D eigenvalue weighted by atomic mass is 79.9. The fourth-order valence-electron chi connectivity index (χ4n) is 2.41. The summed E-state index contributed by atoms with van der Waals surface area (Å²) in [5.74, 6) is 0.708. The van der Waals surface area contributed by atoms with E-state index >= 15 is 0 Å². The standard InChI is InChI=1S/C14H19BrO3/c1-9-7-12(17-3)10(8-11(9)15)13(16)14(2)5-4-6-18-14/h7-8,13,16H,4-6H2,1-3H3. The summed E-state index contributed by atoms with van der Waals surface area (Å²) < 4.78 is 12.0. The lowest BCUT2D eigenvalue weighted by atomic mass is 9.89. The second-order valence-electron chi connectivity index (χ2n) is 5.01. The van der Waals surface area contributed by atoms with Gasteiger partial charge in [0.25, 0.3) is 0 Å². The maximum absolute atomic E-state index is 10.6. The molecule has 1 saturated heterocycles. The summed E-state index contributed by atoms with van der Waals surface area (Å²) in [4.78, 5) is 0. The van der Waals surface area contributed by atoms with Crippen LogP contribution in [0, 0.1) is 6.92 Å². The molecule has 4 heteroatoms. The summed E-state index contributed by atoms with van der Waals surface area (Å²) in [5, 5.41) is 10.6. The molecule has 2 unspecified atom stereocenters. The molecule has 0 aromatic heterocycles. The van der Waals surface area contributed by atoms with Crippen molar-refractivity contribution in [3.63, 3.8) is 0 Å². The average molecular weight is 315 g/mol. The van der Waals surface area contributed by atoms with Crippen molar-refractivity contribution < 1.29 is 14.6 Å². The third-order valence-electron chi connectivity index (χ3n) is 3.63. The molecule has 18 heavy (non-hydrogen) atoms. The van der Waals surface area contributed by atoms with E-state index in [0.29, 0.717) is 12.4 Å². The Hall–Kier alpha value is -0.580. The van der Waals surface area contributed by atoms with Gasteiger partial charge in [0.2, 0.25) is 0 Å². The van der Waals surface area contributed by atoms with Crippen LogP contribution in [0.2, 0.25) is 0 Å². The predicted octanol–water partition coefficient (Wildman–Crippen LogP) is 3.37. The van der Waals surface area contributed by atoms with Gasteiger partial charge in [0.1, 0.15) is 11.9 Å². The van der Waals surface area contributed by atoms with Gasteiger partial charge in [-0.05, 0) is 44.4 Å². The normalized spacial score (nSPS) is 25.2. The highest BCUT2D eigenvalue weighted by molar-refractivity contribution is 9.10. The van der Waals surface area contributed by atoms with Gasteiger partial charge in [-0.1, -0.05) is 15.9 Å². The van der Waals surface area contributed by atoms with Crippen LogP contribution in [0.1, 0.15) is 37.0 Å². The maximum Gasteiger partial charge on any atom is 0.125 e. The lowest BCUT2D eigenvalue weighted by Crippen LogP contribution is -2.32. The van der Waals surface area contributed by atoms with E-state index in [1.807, 2.05) is 26.0 Å². The van der Waals surface area contributed by atoms with Crippen LogP contribution < -0.4 is 4.74 Å². The van der Waals surface area contributed by atoms with Crippen molar-refractivity contribution in [1.82, 2.24) is 0 Å². The number of ether oxygens (including phenoxy) is 2. The van der Waals surface area contributed by atoms with Crippen molar-refractivity contribution >= 4 is 15.9 Å². The molecule has 0 saturated carbocycles. The topological polar surface area (TPSA) is 38.7 Å². The molecular formula is C14H19BrO3. The Bertz CT molecular complexity index is 439. The monoisotopic (exact) mass is 314 g/mol. The summed E-state index contributed by atoms with van der Waals surface area (Å²) >= 11 is 3.50. The smallest absolute Gasteiger partial charge is 0.125 e. The summed E-state index contributed by atoms with van der Waals surface area (Å²) in [7, 11) is 1.62. The molecule has 0 radical (unpaired) electrons. The molecule has 0 aliphatic carbocycles. The molecule has 1 aromatic carbocycles. The molecule has 1 fully saturated rings. The Morgan fingerprint density at radius 3 is 2.78 bits per heavy atom. The second-order valence-corrected chi connectivity index (χ2v) is 5.86. The Labute approximate surface area is 116 Å². The minimum Gasteiger partial charge on any atom is -0.496 e. The summed E-state index contributed by atoms with van der Waals surface area (Å²) in [6.45, 7) is 4.66. The van der Waals surface area contributed by atoms with Crippen molar-refractivity contribution in [2.75, 3.05) is 13.7 Å². The van der Waals surface area contributed by atoms with Crippen LogP contribution in [0.4, 0.5) is 0 Å².